The molecule has 0 aliphatic carbocycles. The van der Waals surface area contributed by atoms with Crippen LogP contribution in [0.2, 0.25) is 0 Å². The number of aryl methyl sites for hydroxylation is 1. The van der Waals surface area contributed by atoms with Crippen molar-refractivity contribution in [2.45, 2.75) is 20.8 Å². The summed E-state index contributed by atoms with van der Waals surface area (Å²) in [5.41, 5.74) is 1.54. The molecule has 0 saturated heterocycles. The first-order chi connectivity index (χ1) is 9.01. The third-order valence-corrected chi connectivity index (χ3v) is 4.01. The number of rotatable bonds is 5. The normalized spacial score (nSPS) is 10.1. The van der Waals surface area contributed by atoms with Gasteiger partial charge in [0.1, 0.15) is 0 Å². The fraction of sp³-hybridized carbons (Fsp3) is 0.429. The van der Waals surface area contributed by atoms with E-state index in [1.165, 1.54) is 0 Å². The lowest BCUT2D eigenvalue weighted by atomic mass is 10.1. The minimum Gasteiger partial charge on any atom is -0.343 e. The number of benzene rings is 1. The van der Waals surface area contributed by atoms with Crippen LogP contribution in [0.1, 0.15) is 29.8 Å². The zero-order valence-corrected chi connectivity index (χ0v) is 13.1. The zero-order chi connectivity index (χ0) is 14.4. The van der Waals surface area contributed by atoms with Crippen LogP contribution in [-0.2, 0) is 4.79 Å². The van der Waals surface area contributed by atoms with Crippen LogP contribution in [0.25, 0.3) is 0 Å². The summed E-state index contributed by atoms with van der Waals surface area (Å²) in [5.74, 6) is -0.307. The molecule has 1 aromatic carbocycles. The third kappa shape index (κ3) is 4.06. The Morgan fingerprint density at radius 2 is 1.89 bits per heavy atom. The summed E-state index contributed by atoms with van der Waals surface area (Å²) in [5, 5.41) is 2.66. The van der Waals surface area contributed by atoms with E-state index in [2.05, 4.69) is 21.2 Å². The van der Waals surface area contributed by atoms with Gasteiger partial charge in [-0.2, -0.15) is 0 Å². The topological polar surface area (TPSA) is 49.4 Å². The van der Waals surface area contributed by atoms with Crippen molar-refractivity contribution in [1.29, 1.82) is 0 Å². The van der Waals surface area contributed by atoms with Crippen molar-refractivity contribution in [3.63, 3.8) is 0 Å². The highest BCUT2D eigenvalue weighted by Crippen LogP contribution is 2.20. The van der Waals surface area contributed by atoms with E-state index in [0.29, 0.717) is 18.7 Å². The minimum atomic E-state index is -0.240. The molecule has 1 aromatic rings. The first kappa shape index (κ1) is 15.7. The Balaban J connectivity index is 2.66. The van der Waals surface area contributed by atoms with Gasteiger partial charge in [-0.3, -0.25) is 9.59 Å². The molecule has 0 atom stereocenters. The maximum Gasteiger partial charge on any atom is 0.252 e. The predicted molar refractivity (Wildman–Crippen MR) is 79.1 cm³/mol. The number of nitrogens with one attached hydrogen (secondary N) is 1. The van der Waals surface area contributed by atoms with Gasteiger partial charge in [-0.25, -0.2) is 0 Å². The molecule has 0 aliphatic heterocycles. The smallest absolute Gasteiger partial charge is 0.252 e. The van der Waals surface area contributed by atoms with E-state index in [-0.39, 0.29) is 18.4 Å². The summed E-state index contributed by atoms with van der Waals surface area (Å²) >= 11 is 3.39. The Morgan fingerprint density at radius 1 is 1.26 bits per heavy atom. The number of hydrogen-bond donors (Lipinski definition) is 1. The van der Waals surface area contributed by atoms with Crippen molar-refractivity contribution in [2.75, 3.05) is 19.6 Å². The SMILES string of the molecule is CCN(CC)C(=O)CNC(=O)c1cccc(C)c1Br. The summed E-state index contributed by atoms with van der Waals surface area (Å²) in [6.45, 7) is 7.09. The standard InChI is InChI=1S/C14H19BrN2O2/c1-4-17(5-2)12(18)9-16-14(19)11-8-6-7-10(3)13(11)15/h6-8H,4-5,9H2,1-3H3,(H,16,19). The minimum absolute atomic E-state index is 0.0287. The Bertz CT molecular complexity index is 471. The maximum atomic E-state index is 12.0. The largest absolute Gasteiger partial charge is 0.343 e. The second-order valence-electron chi connectivity index (χ2n) is 4.19. The molecule has 0 bridgehead atoms. The van der Waals surface area contributed by atoms with E-state index in [9.17, 15) is 9.59 Å². The highest BCUT2D eigenvalue weighted by molar-refractivity contribution is 9.10. The Morgan fingerprint density at radius 3 is 2.47 bits per heavy atom. The molecule has 19 heavy (non-hydrogen) atoms. The molecule has 0 radical (unpaired) electrons. The molecule has 104 valence electrons. The van der Waals surface area contributed by atoms with E-state index >= 15 is 0 Å². The average molecular weight is 327 g/mol. The summed E-state index contributed by atoms with van der Waals surface area (Å²) in [6.07, 6.45) is 0. The number of hydrogen-bond acceptors (Lipinski definition) is 2. The first-order valence-corrected chi connectivity index (χ1v) is 7.11. The molecule has 1 N–H and O–H groups in total. The molecule has 0 spiro atoms. The van der Waals surface area contributed by atoms with Crippen molar-refractivity contribution in [3.8, 4) is 0 Å². The Labute approximate surface area is 122 Å². The number of halogens is 1. The van der Waals surface area contributed by atoms with Crippen molar-refractivity contribution < 1.29 is 9.59 Å². The highest BCUT2D eigenvalue weighted by Gasteiger charge is 2.14. The van der Waals surface area contributed by atoms with Gasteiger partial charge in [0, 0.05) is 17.6 Å². The van der Waals surface area contributed by atoms with Gasteiger partial charge < -0.3 is 10.2 Å². The molecule has 5 heteroatoms. The fourth-order valence-electron chi connectivity index (χ4n) is 1.76. The molecule has 0 aromatic heterocycles. The van der Waals surface area contributed by atoms with Gasteiger partial charge in [0.2, 0.25) is 5.91 Å². The second-order valence-corrected chi connectivity index (χ2v) is 4.98. The van der Waals surface area contributed by atoms with E-state index in [0.717, 1.165) is 10.0 Å². The van der Waals surface area contributed by atoms with Crippen molar-refractivity contribution in [3.05, 3.63) is 33.8 Å². The van der Waals surface area contributed by atoms with Gasteiger partial charge >= 0.3 is 0 Å². The van der Waals surface area contributed by atoms with E-state index < -0.39 is 0 Å². The van der Waals surface area contributed by atoms with Gasteiger partial charge in [0.15, 0.2) is 0 Å². The lowest BCUT2D eigenvalue weighted by Gasteiger charge is -2.18. The molecule has 0 heterocycles. The van der Waals surface area contributed by atoms with Crippen LogP contribution in [-0.4, -0.2) is 36.3 Å². The molecular formula is C14H19BrN2O2. The van der Waals surface area contributed by atoms with Crippen molar-refractivity contribution in [2.24, 2.45) is 0 Å². The Hall–Kier alpha value is -1.36. The fourth-order valence-corrected chi connectivity index (χ4v) is 2.21. The van der Waals surface area contributed by atoms with Gasteiger partial charge in [-0.15, -0.1) is 0 Å². The lowest BCUT2D eigenvalue weighted by Crippen LogP contribution is -2.40. The molecule has 0 unspecified atom stereocenters. The molecule has 1 rings (SSSR count). The van der Waals surface area contributed by atoms with Crippen LogP contribution < -0.4 is 5.32 Å². The zero-order valence-electron chi connectivity index (χ0n) is 11.5. The predicted octanol–water partition coefficient (Wildman–Crippen LogP) is 2.36. The van der Waals surface area contributed by atoms with Gasteiger partial charge in [-0.1, -0.05) is 12.1 Å². The number of carbonyl (C=O) groups excluding carboxylic acids is 2. The Kier molecular flexibility index (Phi) is 6.02. The van der Waals surface area contributed by atoms with E-state index in [1.54, 1.807) is 11.0 Å². The van der Waals surface area contributed by atoms with E-state index in [4.69, 9.17) is 0 Å². The first-order valence-electron chi connectivity index (χ1n) is 6.32. The molecule has 2 amide bonds. The highest BCUT2D eigenvalue weighted by atomic mass is 79.9. The van der Waals surface area contributed by atoms with Crippen molar-refractivity contribution >= 4 is 27.7 Å². The summed E-state index contributed by atoms with van der Waals surface area (Å²) in [7, 11) is 0. The van der Waals surface area contributed by atoms with E-state index in [1.807, 2.05) is 32.9 Å². The molecular weight excluding hydrogens is 308 g/mol. The second kappa shape index (κ2) is 7.28. The third-order valence-electron chi connectivity index (χ3n) is 2.95. The number of amides is 2. The van der Waals surface area contributed by atoms with Crippen molar-refractivity contribution in [1.82, 2.24) is 10.2 Å². The summed E-state index contributed by atoms with van der Waals surface area (Å²) in [4.78, 5) is 25.5. The van der Waals surface area contributed by atoms with Crippen LogP contribution in [0.15, 0.2) is 22.7 Å². The van der Waals surface area contributed by atoms with Crippen LogP contribution in [0.3, 0.4) is 0 Å². The average Bonchev–Trinajstić information content (AvgIpc) is 2.40. The van der Waals surface area contributed by atoms with Gasteiger partial charge in [0.05, 0.1) is 12.1 Å². The van der Waals surface area contributed by atoms with Crippen LogP contribution in [0.4, 0.5) is 0 Å². The number of nitrogens with zero attached hydrogens (tertiary/aromatic N) is 1. The number of carbonyl (C=O) groups is 2. The van der Waals surface area contributed by atoms with Gasteiger partial charge in [-0.05, 0) is 48.3 Å². The number of likely N-dealkylation sites (N-methyl/N-ethyl adjacent to an activating group) is 1. The molecule has 0 fully saturated rings. The maximum absolute atomic E-state index is 12.0. The quantitative estimate of drug-likeness (QED) is 0.903. The van der Waals surface area contributed by atoms with Gasteiger partial charge in [0.25, 0.3) is 5.91 Å². The molecule has 0 saturated carbocycles. The van der Waals surface area contributed by atoms with Crippen LogP contribution >= 0.6 is 15.9 Å². The molecule has 4 nitrogen and oxygen atoms in total. The molecule has 0 aliphatic rings. The van der Waals surface area contributed by atoms with Crippen LogP contribution in [0, 0.1) is 6.92 Å². The monoisotopic (exact) mass is 326 g/mol. The lowest BCUT2D eigenvalue weighted by molar-refractivity contribution is -0.129. The summed E-state index contributed by atoms with van der Waals surface area (Å²) in [6, 6.07) is 5.47. The summed E-state index contributed by atoms with van der Waals surface area (Å²) < 4.78 is 0.766. The van der Waals surface area contributed by atoms with Crippen LogP contribution in [0.5, 0.6) is 0 Å².